The Morgan fingerprint density at radius 1 is 1.04 bits per heavy atom. The molecule has 6 nitrogen and oxygen atoms in total. The summed E-state index contributed by atoms with van der Waals surface area (Å²) in [5, 5.41) is 5.78. The highest BCUT2D eigenvalue weighted by Crippen LogP contribution is 2.23. The fraction of sp³-hybridized carbons (Fsp3) is 0.278. The molecule has 0 saturated carbocycles. The van der Waals surface area contributed by atoms with E-state index in [1.807, 2.05) is 24.3 Å². The van der Waals surface area contributed by atoms with Crippen LogP contribution < -0.4 is 10.6 Å². The Balaban J connectivity index is 1.61. The second-order valence-electron chi connectivity index (χ2n) is 6.05. The van der Waals surface area contributed by atoms with Crippen LogP contribution in [0.5, 0.6) is 0 Å². The van der Waals surface area contributed by atoms with Crippen LogP contribution in [-0.4, -0.2) is 38.3 Å². The van der Waals surface area contributed by atoms with E-state index in [1.165, 1.54) is 4.31 Å². The van der Waals surface area contributed by atoms with Crippen molar-refractivity contribution in [3.8, 4) is 0 Å². The summed E-state index contributed by atoms with van der Waals surface area (Å²) in [6, 6.07) is 14.1. The van der Waals surface area contributed by atoms with Gasteiger partial charge >= 0.3 is 0 Å². The molecule has 0 spiro atoms. The maximum atomic E-state index is 12.6. The zero-order valence-electron chi connectivity index (χ0n) is 14.1. The molecule has 138 valence electrons. The van der Waals surface area contributed by atoms with Crippen molar-refractivity contribution in [3.63, 3.8) is 0 Å². The van der Waals surface area contributed by atoms with Crippen molar-refractivity contribution in [2.24, 2.45) is 0 Å². The van der Waals surface area contributed by atoms with Gasteiger partial charge in [-0.2, -0.15) is 4.31 Å². The SMILES string of the molecule is O=C(CNc1cccc(S(=O)(=O)N2CCCC2)c1)Nc1ccc(I)cc1. The number of anilines is 2. The molecule has 26 heavy (non-hydrogen) atoms. The molecule has 2 N–H and O–H groups in total. The van der Waals surface area contributed by atoms with Crippen LogP contribution in [0, 0.1) is 3.57 Å². The van der Waals surface area contributed by atoms with Crippen LogP contribution in [0.3, 0.4) is 0 Å². The van der Waals surface area contributed by atoms with Gasteiger partial charge in [0, 0.05) is 28.0 Å². The summed E-state index contributed by atoms with van der Waals surface area (Å²) in [6.07, 6.45) is 1.80. The number of sulfonamides is 1. The van der Waals surface area contributed by atoms with Gasteiger partial charge in [-0.15, -0.1) is 0 Å². The van der Waals surface area contributed by atoms with Crippen LogP contribution in [0.25, 0.3) is 0 Å². The number of amides is 1. The molecule has 0 radical (unpaired) electrons. The molecule has 2 aromatic carbocycles. The molecule has 1 fully saturated rings. The van der Waals surface area contributed by atoms with Crippen LogP contribution in [-0.2, 0) is 14.8 Å². The Morgan fingerprint density at radius 2 is 1.73 bits per heavy atom. The molecule has 1 heterocycles. The first-order valence-electron chi connectivity index (χ1n) is 8.35. The molecule has 0 bridgehead atoms. The summed E-state index contributed by atoms with van der Waals surface area (Å²) < 4.78 is 27.8. The molecule has 0 aromatic heterocycles. The van der Waals surface area contributed by atoms with Gasteiger partial charge in [0.25, 0.3) is 0 Å². The molecular formula is C18H20IN3O3S. The first-order chi connectivity index (χ1) is 12.4. The average Bonchev–Trinajstić information content (AvgIpc) is 3.18. The van der Waals surface area contributed by atoms with E-state index in [0.29, 0.717) is 18.8 Å². The number of hydrogen-bond acceptors (Lipinski definition) is 4. The van der Waals surface area contributed by atoms with Crippen LogP contribution in [0.4, 0.5) is 11.4 Å². The van der Waals surface area contributed by atoms with E-state index >= 15 is 0 Å². The van der Waals surface area contributed by atoms with Gasteiger partial charge < -0.3 is 10.6 Å². The largest absolute Gasteiger partial charge is 0.376 e. The van der Waals surface area contributed by atoms with Crippen molar-refractivity contribution in [2.75, 3.05) is 30.3 Å². The molecular weight excluding hydrogens is 465 g/mol. The molecule has 1 aliphatic heterocycles. The van der Waals surface area contributed by atoms with Crippen molar-refractivity contribution >= 4 is 49.9 Å². The standard InChI is InChI=1S/C18H20IN3O3S/c19-14-6-8-15(9-7-14)21-18(23)13-20-16-4-3-5-17(12-16)26(24,25)22-10-1-2-11-22/h3-9,12,20H,1-2,10-11,13H2,(H,21,23). The minimum absolute atomic E-state index is 0.0548. The van der Waals surface area contributed by atoms with E-state index in [4.69, 9.17) is 0 Å². The van der Waals surface area contributed by atoms with Gasteiger partial charge in [-0.1, -0.05) is 6.07 Å². The van der Waals surface area contributed by atoms with Crippen molar-refractivity contribution < 1.29 is 13.2 Å². The second-order valence-corrected chi connectivity index (χ2v) is 9.23. The second kappa shape index (κ2) is 8.36. The van der Waals surface area contributed by atoms with E-state index in [1.54, 1.807) is 24.3 Å². The van der Waals surface area contributed by atoms with E-state index in [-0.39, 0.29) is 17.3 Å². The van der Waals surface area contributed by atoms with Gasteiger partial charge in [0.15, 0.2) is 0 Å². The van der Waals surface area contributed by atoms with Crippen LogP contribution in [0.1, 0.15) is 12.8 Å². The third kappa shape index (κ3) is 4.74. The lowest BCUT2D eigenvalue weighted by Crippen LogP contribution is -2.28. The topological polar surface area (TPSA) is 78.5 Å². The first-order valence-corrected chi connectivity index (χ1v) is 10.9. The summed E-state index contributed by atoms with van der Waals surface area (Å²) in [4.78, 5) is 12.3. The Hall–Kier alpha value is -1.65. The highest BCUT2D eigenvalue weighted by molar-refractivity contribution is 14.1. The van der Waals surface area contributed by atoms with Crippen LogP contribution >= 0.6 is 22.6 Å². The molecule has 1 saturated heterocycles. The predicted molar refractivity (Wildman–Crippen MR) is 111 cm³/mol. The smallest absolute Gasteiger partial charge is 0.243 e. The summed E-state index contributed by atoms with van der Waals surface area (Å²) >= 11 is 2.20. The Morgan fingerprint density at radius 3 is 2.42 bits per heavy atom. The number of nitrogens with one attached hydrogen (secondary N) is 2. The highest BCUT2D eigenvalue weighted by atomic mass is 127. The maximum absolute atomic E-state index is 12.6. The van der Waals surface area contributed by atoms with Gasteiger partial charge in [0.1, 0.15) is 0 Å². The number of carbonyl (C=O) groups excluding carboxylic acids is 1. The summed E-state index contributed by atoms with van der Waals surface area (Å²) in [5.41, 5.74) is 1.32. The van der Waals surface area contributed by atoms with E-state index < -0.39 is 10.0 Å². The lowest BCUT2D eigenvalue weighted by molar-refractivity contribution is -0.114. The highest BCUT2D eigenvalue weighted by Gasteiger charge is 2.27. The van der Waals surface area contributed by atoms with Crippen LogP contribution in [0.2, 0.25) is 0 Å². The molecule has 0 unspecified atom stereocenters. The number of benzene rings is 2. The zero-order chi connectivity index (χ0) is 18.6. The van der Waals surface area contributed by atoms with E-state index in [2.05, 4.69) is 33.2 Å². The lowest BCUT2D eigenvalue weighted by Gasteiger charge is -2.16. The molecule has 1 amide bonds. The fourth-order valence-electron chi connectivity index (χ4n) is 2.76. The van der Waals surface area contributed by atoms with Crippen molar-refractivity contribution in [1.82, 2.24) is 4.31 Å². The number of halogens is 1. The van der Waals surface area contributed by atoms with Gasteiger partial charge in [-0.05, 0) is 77.9 Å². The molecule has 1 aliphatic rings. The maximum Gasteiger partial charge on any atom is 0.243 e. The van der Waals surface area contributed by atoms with Crippen molar-refractivity contribution in [1.29, 1.82) is 0 Å². The zero-order valence-corrected chi connectivity index (χ0v) is 17.1. The van der Waals surface area contributed by atoms with Crippen LogP contribution in [0.15, 0.2) is 53.4 Å². The van der Waals surface area contributed by atoms with Crippen molar-refractivity contribution in [2.45, 2.75) is 17.7 Å². The van der Waals surface area contributed by atoms with Gasteiger partial charge in [0.05, 0.1) is 11.4 Å². The fourth-order valence-corrected chi connectivity index (χ4v) is 4.69. The Labute approximate surface area is 167 Å². The summed E-state index contributed by atoms with van der Waals surface area (Å²) in [6.45, 7) is 1.19. The van der Waals surface area contributed by atoms with Gasteiger partial charge in [-0.25, -0.2) is 8.42 Å². The Bertz CT molecular complexity index is 879. The molecule has 3 rings (SSSR count). The summed E-state index contributed by atoms with van der Waals surface area (Å²) in [5.74, 6) is -0.195. The van der Waals surface area contributed by atoms with E-state index in [9.17, 15) is 13.2 Å². The quantitative estimate of drug-likeness (QED) is 0.617. The van der Waals surface area contributed by atoms with Crippen molar-refractivity contribution in [3.05, 3.63) is 52.1 Å². The monoisotopic (exact) mass is 485 g/mol. The van der Waals surface area contributed by atoms with Gasteiger partial charge in [-0.3, -0.25) is 4.79 Å². The Kier molecular flexibility index (Phi) is 6.15. The molecule has 0 aliphatic carbocycles. The number of hydrogen-bond donors (Lipinski definition) is 2. The van der Waals surface area contributed by atoms with E-state index in [0.717, 1.165) is 22.1 Å². The predicted octanol–water partition coefficient (Wildman–Crippen LogP) is 3.13. The average molecular weight is 485 g/mol. The first kappa shape index (κ1) is 19.1. The summed E-state index contributed by atoms with van der Waals surface area (Å²) in [7, 11) is -3.46. The lowest BCUT2D eigenvalue weighted by atomic mass is 10.3. The number of nitrogens with zero attached hydrogens (tertiary/aromatic N) is 1. The third-order valence-electron chi connectivity index (χ3n) is 4.12. The number of rotatable bonds is 6. The molecule has 8 heteroatoms. The van der Waals surface area contributed by atoms with Gasteiger partial charge in [0.2, 0.25) is 15.9 Å². The third-order valence-corrected chi connectivity index (χ3v) is 6.73. The minimum Gasteiger partial charge on any atom is -0.376 e. The molecule has 0 atom stereocenters. The normalized spacial score (nSPS) is 15.0. The number of carbonyl (C=O) groups is 1. The molecule has 2 aromatic rings. The minimum atomic E-state index is -3.46.